The van der Waals surface area contributed by atoms with Crippen LogP contribution in [0.15, 0.2) is 18.7 Å². The molecule has 23 heavy (non-hydrogen) atoms. The molecular formula is C17H24O6. The first kappa shape index (κ1) is 18.7. The van der Waals surface area contributed by atoms with Gasteiger partial charge in [0.25, 0.3) is 0 Å². The molecule has 0 unspecified atom stereocenters. The summed E-state index contributed by atoms with van der Waals surface area (Å²) in [5.41, 5.74) is 0. The molecule has 0 radical (unpaired) electrons. The molecule has 6 heteroatoms. The van der Waals surface area contributed by atoms with E-state index in [1.807, 2.05) is 27.7 Å². The molecule has 0 fully saturated rings. The smallest absolute Gasteiger partial charge is 0.335 e. The average molecular weight is 324 g/mol. The molecule has 1 rings (SSSR count). The fourth-order valence-electron chi connectivity index (χ4n) is 1.90. The van der Waals surface area contributed by atoms with Crippen LogP contribution in [0.2, 0.25) is 0 Å². The van der Waals surface area contributed by atoms with Crippen LogP contribution in [0.3, 0.4) is 0 Å². The summed E-state index contributed by atoms with van der Waals surface area (Å²) in [5, 5.41) is 0. The Labute approximate surface area is 136 Å². The van der Waals surface area contributed by atoms with Crippen molar-refractivity contribution in [3.8, 4) is 28.7 Å². The van der Waals surface area contributed by atoms with E-state index in [9.17, 15) is 4.79 Å². The molecule has 0 aliphatic heterocycles. The van der Waals surface area contributed by atoms with Crippen LogP contribution < -0.4 is 23.7 Å². The van der Waals surface area contributed by atoms with Gasteiger partial charge in [0.2, 0.25) is 17.2 Å². The third-order valence-corrected chi connectivity index (χ3v) is 2.67. The molecule has 6 nitrogen and oxygen atoms in total. The molecule has 0 heterocycles. The Morgan fingerprint density at radius 3 is 1.83 bits per heavy atom. The van der Waals surface area contributed by atoms with Gasteiger partial charge in [-0.15, -0.1) is 0 Å². The Morgan fingerprint density at radius 2 is 1.35 bits per heavy atom. The van der Waals surface area contributed by atoms with E-state index in [4.69, 9.17) is 23.7 Å². The summed E-state index contributed by atoms with van der Waals surface area (Å²) in [6, 6.07) is 1.56. The van der Waals surface area contributed by atoms with Gasteiger partial charge in [-0.05, 0) is 27.7 Å². The molecule has 0 atom stereocenters. The van der Waals surface area contributed by atoms with Crippen LogP contribution in [0.1, 0.15) is 27.7 Å². The van der Waals surface area contributed by atoms with Gasteiger partial charge < -0.3 is 23.7 Å². The fraction of sp³-hybridized carbons (Fsp3) is 0.471. The Hall–Kier alpha value is -2.37. The van der Waals surface area contributed by atoms with Crippen LogP contribution in [-0.4, -0.2) is 32.4 Å². The summed E-state index contributed by atoms with van der Waals surface area (Å²) in [4.78, 5) is 11.6. The molecule has 0 saturated carbocycles. The molecule has 0 aliphatic carbocycles. The number of hydrogen-bond donors (Lipinski definition) is 0. The highest BCUT2D eigenvalue weighted by Crippen LogP contribution is 2.50. The second-order valence-electron chi connectivity index (χ2n) is 4.22. The van der Waals surface area contributed by atoms with Crippen molar-refractivity contribution in [2.45, 2.75) is 27.7 Å². The van der Waals surface area contributed by atoms with E-state index in [0.717, 1.165) is 6.08 Å². The minimum atomic E-state index is -0.597. The standard InChI is InChI=1S/C17H24O6/c1-6-14(18)23-13-11-12(19-7-2)15(20-8-3)17(22-10-5)16(13)21-9-4/h6,11H,1,7-10H2,2-5H3. The third kappa shape index (κ3) is 4.81. The van der Waals surface area contributed by atoms with Gasteiger partial charge >= 0.3 is 5.97 Å². The van der Waals surface area contributed by atoms with Crippen LogP contribution in [0.25, 0.3) is 0 Å². The molecule has 0 aliphatic rings. The molecule has 0 amide bonds. The highest BCUT2D eigenvalue weighted by atomic mass is 16.6. The van der Waals surface area contributed by atoms with Crippen LogP contribution in [-0.2, 0) is 4.79 Å². The average Bonchev–Trinajstić information content (AvgIpc) is 2.54. The number of carbonyl (C=O) groups is 1. The fourth-order valence-corrected chi connectivity index (χ4v) is 1.90. The van der Waals surface area contributed by atoms with E-state index in [0.29, 0.717) is 49.4 Å². The van der Waals surface area contributed by atoms with Gasteiger partial charge in [0, 0.05) is 12.1 Å². The van der Waals surface area contributed by atoms with E-state index in [1.54, 1.807) is 6.07 Å². The van der Waals surface area contributed by atoms with Crippen molar-refractivity contribution in [3.05, 3.63) is 18.7 Å². The lowest BCUT2D eigenvalue weighted by Gasteiger charge is -2.20. The van der Waals surface area contributed by atoms with Gasteiger partial charge in [-0.2, -0.15) is 0 Å². The molecular weight excluding hydrogens is 300 g/mol. The van der Waals surface area contributed by atoms with Crippen LogP contribution in [0.4, 0.5) is 0 Å². The number of hydrogen-bond acceptors (Lipinski definition) is 6. The van der Waals surface area contributed by atoms with Gasteiger partial charge in [0.1, 0.15) is 0 Å². The van der Waals surface area contributed by atoms with Crippen molar-refractivity contribution in [1.29, 1.82) is 0 Å². The SMILES string of the molecule is C=CC(=O)Oc1cc(OCC)c(OCC)c(OCC)c1OCC. The quantitative estimate of drug-likeness (QED) is 0.373. The Kier molecular flexibility index (Phi) is 7.80. The topological polar surface area (TPSA) is 63.2 Å². The van der Waals surface area contributed by atoms with Crippen molar-refractivity contribution >= 4 is 5.97 Å². The summed E-state index contributed by atoms with van der Waals surface area (Å²) in [5.74, 6) is 1.11. The summed E-state index contributed by atoms with van der Waals surface area (Å²) in [7, 11) is 0. The summed E-state index contributed by atoms with van der Waals surface area (Å²) in [6.07, 6.45) is 1.08. The lowest BCUT2D eigenvalue weighted by atomic mass is 10.2. The predicted octanol–water partition coefficient (Wildman–Crippen LogP) is 3.37. The molecule has 0 saturated heterocycles. The van der Waals surface area contributed by atoms with Gasteiger partial charge in [-0.3, -0.25) is 0 Å². The molecule has 0 aromatic heterocycles. The van der Waals surface area contributed by atoms with Crippen molar-refractivity contribution in [2.75, 3.05) is 26.4 Å². The molecule has 0 spiro atoms. The van der Waals surface area contributed by atoms with Crippen LogP contribution in [0.5, 0.6) is 28.7 Å². The minimum absolute atomic E-state index is 0.201. The highest BCUT2D eigenvalue weighted by molar-refractivity contribution is 5.84. The van der Waals surface area contributed by atoms with Crippen molar-refractivity contribution in [3.63, 3.8) is 0 Å². The van der Waals surface area contributed by atoms with Crippen molar-refractivity contribution < 1.29 is 28.5 Å². The van der Waals surface area contributed by atoms with Gasteiger partial charge in [-0.1, -0.05) is 6.58 Å². The molecule has 1 aromatic carbocycles. The first-order valence-corrected chi connectivity index (χ1v) is 7.69. The number of benzene rings is 1. The number of carbonyl (C=O) groups excluding carboxylic acids is 1. The van der Waals surface area contributed by atoms with Gasteiger partial charge in [-0.25, -0.2) is 4.79 Å². The second kappa shape index (κ2) is 9.61. The van der Waals surface area contributed by atoms with E-state index in [1.165, 1.54) is 0 Å². The number of rotatable bonds is 10. The van der Waals surface area contributed by atoms with Gasteiger partial charge in [0.15, 0.2) is 11.5 Å². The zero-order valence-electron chi connectivity index (χ0n) is 14.1. The maximum absolute atomic E-state index is 11.6. The Balaban J connectivity index is 3.52. The highest BCUT2D eigenvalue weighted by Gasteiger charge is 2.25. The van der Waals surface area contributed by atoms with E-state index in [2.05, 4.69) is 6.58 Å². The predicted molar refractivity (Wildman–Crippen MR) is 87.0 cm³/mol. The second-order valence-corrected chi connectivity index (χ2v) is 4.22. The van der Waals surface area contributed by atoms with Crippen LogP contribution >= 0.6 is 0 Å². The van der Waals surface area contributed by atoms with Crippen molar-refractivity contribution in [2.24, 2.45) is 0 Å². The van der Waals surface area contributed by atoms with E-state index in [-0.39, 0.29) is 5.75 Å². The normalized spacial score (nSPS) is 9.91. The van der Waals surface area contributed by atoms with Gasteiger partial charge in [0.05, 0.1) is 26.4 Å². The Bertz CT molecular complexity index is 538. The maximum atomic E-state index is 11.6. The Morgan fingerprint density at radius 1 is 0.870 bits per heavy atom. The zero-order valence-corrected chi connectivity index (χ0v) is 14.1. The lowest BCUT2D eigenvalue weighted by Crippen LogP contribution is -2.09. The summed E-state index contributed by atoms with van der Waals surface area (Å²) in [6.45, 7) is 12.4. The minimum Gasteiger partial charge on any atom is -0.490 e. The number of esters is 1. The molecule has 0 N–H and O–H groups in total. The monoisotopic (exact) mass is 324 g/mol. The molecule has 0 bridgehead atoms. The first-order valence-electron chi connectivity index (χ1n) is 7.69. The largest absolute Gasteiger partial charge is 0.490 e. The maximum Gasteiger partial charge on any atom is 0.335 e. The van der Waals surface area contributed by atoms with Crippen LogP contribution in [0, 0.1) is 0 Å². The van der Waals surface area contributed by atoms with E-state index >= 15 is 0 Å². The first-order chi connectivity index (χ1) is 11.1. The van der Waals surface area contributed by atoms with Crippen molar-refractivity contribution in [1.82, 2.24) is 0 Å². The molecule has 1 aromatic rings. The number of ether oxygens (including phenoxy) is 5. The zero-order chi connectivity index (χ0) is 17.2. The summed E-state index contributed by atoms with van der Waals surface area (Å²) < 4.78 is 27.8. The summed E-state index contributed by atoms with van der Waals surface area (Å²) >= 11 is 0. The molecule has 128 valence electrons. The third-order valence-electron chi connectivity index (χ3n) is 2.67. The lowest BCUT2D eigenvalue weighted by molar-refractivity contribution is -0.129. The van der Waals surface area contributed by atoms with E-state index < -0.39 is 5.97 Å².